The summed E-state index contributed by atoms with van der Waals surface area (Å²) in [6, 6.07) is 0. The van der Waals surface area contributed by atoms with Gasteiger partial charge in [-0.05, 0) is 25.2 Å². The van der Waals surface area contributed by atoms with Gasteiger partial charge in [-0.25, -0.2) is 0 Å². The minimum absolute atomic E-state index is 0.121. The molecule has 1 heterocycles. The van der Waals surface area contributed by atoms with Crippen molar-refractivity contribution in [1.82, 2.24) is 10.2 Å². The van der Waals surface area contributed by atoms with Crippen molar-refractivity contribution < 1.29 is 9.90 Å². The van der Waals surface area contributed by atoms with E-state index in [-0.39, 0.29) is 11.2 Å². The van der Waals surface area contributed by atoms with Crippen molar-refractivity contribution in [2.75, 3.05) is 19.0 Å². The Morgan fingerprint density at radius 3 is 2.76 bits per heavy atom. The fourth-order valence-corrected chi connectivity index (χ4v) is 5.28. The first-order valence-corrected chi connectivity index (χ1v) is 9.11. The number of aliphatic carboxylic acids is 1. The summed E-state index contributed by atoms with van der Waals surface area (Å²) in [5.41, 5.74) is 0. The van der Waals surface area contributed by atoms with Crippen LogP contribution >= 0.6 is 23.1 Å². The molecule has 1 aliphatic carbocycles. The third kappa shape index (κ3) is 4.32. The lowest BCUT2D eigenvalue weighted by atomic mass is 9.80. The molecule has 3 atom stereocenters. The molecule has 2 rings (SSSR count). The molecule has 0 bridgehead atoms. The number of carbonyl (C=O) groups is 1. The van der Waals surface area contributed by atoms with Crippen LogP contribution in [0.2, 0.25) is 0 Å². The lowest BCUT2D eigenvalue weighted by Gasteiger charge is -2.32. The van der Waals surface area contributed by atoms with Crippen molar-refractivity contribution in [3.63, 3.8) is 0 Å². The van der Waals surface area contributed by atoms with E-state index in [2.05, 4.69) is 17.1 Å². The molecule has 3 unspecified atom stereocenters. The predicted octanol–water partition coefficient (Wildman–Crippen LogP) is 3.37. The van der Waals surface area contributed by atoms with Gasteiger partial charge in [-0.2, -0.15) is 0 Å². The molecule has 1 aliphatic rings. The van der Waals surface area contributed by atoms with Crippen LogP contribution in [0.3, 0.4) is 0 Å². The normalized spacial score (nSPS) is 25.8. The molecule has 7 heteroatoms. The van der Waals surface area contributed by atoms with Crippen molar-refractivity contribution >= 4 is 34.2 Å². The van der Waals surface area contributed by atoms with Gasteiger partial charge in [0, 0.05) is 19.3 Å². The Hall–Kier alpha value is -0.820. The summed E-state index contributed by atoms with van der Waals surface area (Å²) >= 11 is 3.14. The molecule has 0 amide bonds. The maximum absolute atomic E-state index is 11.5. The van der Waals surface area contributed by atoms with Crippen LogP contribution in [0.25, 0.3) is 0 Å². The SMILES string of the molecule is CCCC1CCC(C(=O)O)C(Sc2nnc(N(C)C)s2)C1. The van der Waals surface area contributed by atoms with Crippen LogP contribution in [-0.4, -0.2) is 40.6 Å². The fourth-order valence-electron chi connectivity index (χ4n) is 2.86. The van der Waals surface area contributed by atoms with E-state index in [0.717, 1.165) is 28.7 Å². The first-order chi connectivity index (χ1) is 10.0. The molecule has 5 nitrogen and oxygen atoms in total. The highest BCUT2D eigenvalue weighted by molar-refractivity contribution is 8.01. The summed E-state index contributed by atoms with van der Waals surface area (Å²) in [5, 5.41) is 18.8. The number of rotatable bonds is 6. The maximum atomic E-state index is 11.5. The van der Waals surface area contributed by atoms with E-state index < -0.39 is 5.97 Å². The fraction of sp³-hybridized carbons (Fsp3) is 0.786. The number of nitrogens with zero attached hydrogens (tertiary/aromatic N) is 3. The van der Waals surface area contributed by atoms with Crippen molar-refractivity contribution in [3.05, 3.63) is 0 Å². The number of carboxylic acids is 1. The molecule has 0 saturated heterocycles. The van der Waals surface area contributed by atoms with Crippen molar-refractivity contribution in [3.8, 4) is 0 Å². The number of carboxylic acid groups (broad SMARTS) is 1. The molecule has 0 radical (unpaired) electrons. The molecular formula is C14H23N3O2S2. The molecule has 0 aliphatic heterocycles. The first-order valence-electron chi connectivity index (χ1n) is 7.41. The van der Waals surface area contributed by atoms with E-state index in [9.17, 15) is 9.90 Å². The molecule has 1 saturated carbocycles. The minimum Gasteiger partial charge on any atom is -0.481 e. The van der Waals surface area contributed by atoms with Gasteiger partial charge in [0.1, 0.15) is 0 Å². The summed E-state index contributed by atoms with van der Waals surface area (Å²) in [6.45, 7) is 2.19. The number of aromatic nitrogens is 2. The number of hydrogen-bond acceptors (Lipinski definition) is 6. The van der Waals surface area contributed by atoms with Gasteiger partial charge in [-0.1, -0.05) is 42.9 Å². The Kier molecular flexibility index (Phi) is 5.87. The molecule has 118 valence electrons. The summed E-state index contributed by atoms with van der Waals surface area (Å²) in [6.07, 6.45) is 5.18. The van der Waals surface area contributed by atoms with Gasteiger partial charge >= 0.3 is 5.97 Å². The van der Waals surface area contributed by atoms with E-state index in [0.29, 0.717) is 5.92 Å². The highest BCUT2D eigenvalue weighted by Crippen LogP contribution is 2.42. The maximum Gasteiger partial charge on any atom is 0.307 e. The van der Waals surface area contributed by atoms with Crippen LogP contribution in [0.1, 0.15) is 39.0 Å². The summed E-state index contributed by atoms with van der Waals surface area (Å²) < 4.78 is 0.882. The minimum atomic E-state index is -0.667. The van der Waals surface area contributed by atoms with E-state index in [1.54, 1.807) is 11.8 Å². The second-order valence-corrected chi connectivity index (χ2v) is 8.26. The van der Waals surface area contributed by atoms with E-state index in [1.165, 1.54) is 24.2 Å². The second-order valence-electron chi connectivity index (χ2n) is 5.81. The smallest absolute Gasteiger partial charge is 0.307 e. The van der Waals surface area contributed by atoms with Crippen molar-refractivity contribution in [2.45, 2.75) is 48.6 Å². The van der Waals surface area contributed by atoms with Gasteiger partial charge in [0.25, 0.3) is 0 Å². The molecule has 0 aromatic carbocycles. The number of thioether (sulfide) groups is 1. The van der Waals surface area contributed by atoms with Crippen LogP contribution < -0.4 is 4.90 Å². The zero-order chi connectivity index (χ0) is 15.4. The summed E-state index contributed by atoms with van der Waals surface area (Å²) in [7, 11) is 3.87. The van der Waals surface area contributed by atoms with Crippen LogP contribution in [0.5, 0.6) is 0 Å². The van der Waals surface area contributed by atoms with Gasteiger partial charge < -0.3 is 10.0 Å². The molecule has 1 N–H and O–H groups in total. The Morgan fingerprint density at radius 1 is 1.43 bits per heavy atom. The zero-order valence-corrected chi connectivity index (χ0v) is 14.4. The lowest BCUT2D eigenvalue weighted by Crippen LogP contribution is -2.32. The van der Waals surface area contributed by atoms with E-state index in [4.69, 9.17) is 0 Å². The van der Waals surface area contributed by atoms with Crippen molar-refractivity contribution in [2.24, 2.45) is 11.8 Å². The zero-order valence-electron chi connectivity index (χ0n) is 12.8. The molecular weight excluding hydrogens is 306 g/mol. The first kappa shape index (κ1) is 16.5. The van der Waals surface area contributed by atoms with E-state index >= 15 is 0 Å². The Bertz CT molecular complexity index is 479. The predicted molar refractivity (Wildman–Crippen MR) is 87.3 cm³/mol. The molecule has 21 heavy (non-hydrogen) atoms. The van der Waals surface area contributed by atoms with Crippen LogP contribution in [0.4, 0.5) is 5.13 Å². The Labute approximate surface area is 134 Å². The third-order valence-electron chi connectivity index (χ3n) is 3.95. The highest BCUT2D eigenvalue weighted by atomic mass is 32.2. The summed E-state index contributed by atoms with van der Waals surface area (Å²) in [4.78, 5) is 13.4. The Balaban J connectivity index is 2.06. The highest BCUT2D eigenvalue weighted by Gasteiger charge is 2.36. The van der Waals surface area contributed by atoms with Crippen molar-refractivity contribution in [1.29, 1.82) is 0 Å². The van der Waals surface area contributed by atoms with Crippen LogP contribution in [0.15, 0.2) is 4.34 Å². The summed E-state index contributed by atoms with van der Waals surface area (Å²) in [5.74, 6) is -0.265. The van der Waals surface area contributed by atoms with E-state index in [1.807, 2.05) is 19.0 Å². The second kappa shape index (κ2) is 7.45. The quantitative estimate of drug-likeness (QED) is 0.863. The third-order valence-corrected chi connectivity index (χ3v) is 6.48. The van der Waals surface area contributed by atoms with Gasteiger partial charge in [0.2, 0.25) is 5.13 Å². The van der Waals surface area contributed by atoms with Gasteiger partial charge in [0.05, 0.1) is 5.92 Å². The average Bonchev–Trinajstić information content (AvgIpc) is 2.88. The van der Waals surface area contributed by atoms with Gasteiger partial charge in [0.15, 0.2) is 4.34 Å². The molecule has 0 spiro atoms. The van der Waals surface area contributed by atoms with Gasteiger partial charge in [-0.3, -0.25) is 4.79 Å². The van der Waals surface area contributed by atoms with Crippen LogP contribution in [0, 0.1) is 11.8 Å². The topological polar surface area (TPSA) is 66.3 Å². The average molecular weight is 329 g/mol. The molecule has 1 aromatic rings. The lowest BCUT2D eigenvalue weighted by molar-refractivity contribution is -0.142. The number of hydrogen-bond donors (Lipinski definition) is 1. The monoisotopic (exact) mass is 329 g/mol. The largest absolute Gasteiger partial charge is 0.481 e. The Morgan fingerprint density at radius 2 is 2.19 bits per heavy atom. The molecule has 1 fully saturated rings. The molecule has 1 aromatic heterocycles. The van der Waals surface area contributed by atoms with Gasteiger partial charge in [-0.15, -0.1) is 10.2 Å². The standard InChI is InChI=1S/C14H23N3O2S2/c1-4-5-9-6-7-10(12(18)19)11(8-9)20-14-16-15-13(21-14)17(2)3/h9-11H,4-8H2,1-3H3,(H,18,19). The van der Waals surface area contributed by atoms with Crippen LogP contribution in [-0.2, 0) is 4.79 Å². The number of anilines is 1.